The molecule has 0 bridgehead atoms. The Hall–Kier alpha value is -2.35. The Labute approximate surface area is 128 Å². The molecule has 1 aromatic heterocycles. The predicted octanol–water partition coefficient (Wildman–Crippen LogP) is 3.15. The van der Waals surface area contributed by atoms with E-state index in [0.717, 1.165) is 6.07 Å². The van der Waals surface area contributed by atoms with Gasteiger partial charge in [-0.1, -0.05) is 0 Å². The molecule has 2 rings (SSSR count). The number of halogens is 4. The highest BCUT2D eigenvalue weighted by molar-refractivity contribution is 5.75. The maximum Gasteiger partial charge on any atom is 0.419 e. The molecule has 0 amide bonds. The second-order valence-corrected chi connectivity index (χ2v) is 4.79. The highest BCUT2D eigenvalue weighted by Crippen LogP contribution is 2.34. The summed E-state index contributed by atoms with van der Waals surface area (Å²) in [5.74, 6) is -1.58. The van der Waals surface area contributed by atoms with Gasteiger partial charge in [-0.2, -0.15) is 13.2 Å². The van der Waals surface area contributed by atoms with Crippen LogP contribution in [0.25, 0.3) is 11.3 Å². The number of furan rings is 1. The Morgan fingerprint density at radius 3 is 2.61 bits per heavy atom. The Kier molecular flexibility index (Phi) is 4.74. The van der Waals surface area contributed by atoms with Crippen LogP contribution in [0, 0.1) is 5.82 Å². The van der Waals surface area contributed by atoms with Crippen molar-refractivity contribution in [1.82, 2.24) is 0 Å². The minimum atomic E-state index is -4.80. The van der Waals surface area contributed by atoms with Gasteiger partial charge >= 0.3 is 12.1 Å². The number of alkyl halides is 3. The highest BCUT2D eigenvalue weighted by atomic mass is 19.4. The van der Waals surface area contributed by atoms with Crippen molar-refractivity contribution in [3.05, 3.63) is 47.5 Å². The quantitative estimate of drug-likeness (QED) is 0.690. The van der Waals surface area contributed by atoms with Crippen LogP contribution in [0.3, 0.4) is 0 Å². The second-order valence-electron chi connectivity index (χ2n) is 4.79. The number of esters is 1. The van der Waals surface area contributed by atoms with Crippen molar-refractivity contribution in [3.63, 3.8) is 0 Å². The van der Waals surface area contributed by atoms with Gasteiger partial charge in [-0.3, -0.25) is 4.79 Å². The molecular formula is C15H13F4NO3. The molecular weight excluding hydrogens is 318 g/mol. The zero-order chi connectivity index (χ0) is 17.2. The van der Waals surface area contributed by atoms with Crippen molar-refractivity contribution < 1.29 is 31.5 Å². The van der Waals surface area contributed by atoms with E-state index in [-0.39, 0.29) is 17.7 Å². The standard InChI is InChI=1S/C15H13F4NO3/c1-22-14(21)12(20)7-9-3-5-13(23-9)8-2-4-11(16)10(6-8)15(17,18)19/h2-6,12H,7,20H2,1H3. The first-order valence-electron chi connectivity index (χ1n) is 6.51. The van der Waals surface area contributed by atoms with Gasteiger partial charge in [0.1, 0.15) is 23.4 Å². The molecule has 0 radical (unpaired) electrons. The van der Waals surface area contributed by atoms with Crippen LogP contribution in [0.1, 0.15) is 11.3 Å². The highest BCUT2D eigenvalue weighted by Gasteiger charge is 2.34. The first-order valence-corrected chi connectivity index (χ1v) is 6.51. The molecule has 0 fully saturated rings. The lowest BCUT2D eigenvalue weighted by atomic mass is 10.1. The first kappa shape index (κ1) is 17.0. The smallest absolute Gasteiger partial charge is 0.419 e. The van der Waals surface area contributed by atoms with Crippen LogP contribution in [0.2, 0.25) is 0 Å². The number of nitrogens with two attached hydrogens (primary N) is 1. The minimum absolute atomic E-state index is 0.0278. The normalized spacial score (nSPS) is 13.0. The van der Waals surface area contributed by atoms with Crippen LogP contribution in [-0.4, -0.2) is 19.1 Å². The van der Waals surface area contributed by atoms with Gasteiger partial charge in [-0.25, -0.2) is 4.39 Å². The molecule has 0 spiro atoms. The van der Waals surface area contributed by atoms with E-state index in [9.17, 15) is 22.4 Å². The fourth-order valence-corrected chi connectivity index (χ4v) is 1.99. The number of hydrogen-bond acceptors (Lipinski definition) is 4. The molecule has 124 valence electrons. The largest absolute Gasteiger partial charge is 0.468 e. The molecule has 0 aliphatic carbocycles. The monoisotopic (exact) mass is 331 g/mol. The third-order valence-corrected chi connectivity index (χ3v) is 3.14. The van der Waals surface area contributed by atoms with Crippen LogP contribution >= 0.6 is 0 Å². The minimum Gasteiger partial charge on any atom is -0.468 e. The van der Waals surface area contributed by atoms with Gasteiger partial charge < -0.3 is 14.9 Å². The summed E-state index contributed by atoms with van der Waals surface area (Å²) in [6, 6.07) is 4.52. The summed E-state index contributed by atoms with van der Waals surface area (Å²) in [6.07, 6.45) is -4.78. The van der Waals surface area contributed by atoms with Gasteiger partial charge in [0.15, 0.2) is 0 Å². The van der Waals surface area contributed by atoms with E-state index in [4.69, 9.17) is 10.2 Å². The van der Waals surface area contributed by atoms with Gasteiger partial charge in [-0.15, -0.1) is 0 Å². The first-order chi connectivity index (χ1) is 10.7. The van der Waals surface area contributed by atoms with Gasteiger partial charge in [0, 0.05) is 12.0 Å². The van der Waals surface area contributed by atoms with E-state index in [2.05, 4.69) is 4.74 Å². The van der Waals surface area contributed by atoms with E-state index >= 15 is 0 Å². The third-order valence-electron chi connectivity index (χ3n) is 3.14. The van der Waals surface area contributed by atoms with Crippen LogP contribution in [0.4, 0.5) is 17.6 Å². The lowest BCUT2D eigenvalue weighted by Gasteiger charge is -2.09. The zero-order valence-electron chi connectivity index (χ0n) is 12.0. The molecule has 0 saturated heterocycles. The summed E-state index contributed by atoms with van der Waals surface area (Å²) in [5, 5.41) is 0. The number of benzene rings is 1. The van der Waals surface area contributed by atoms with Crippen molar-refractivity contribution in [1.29, 1.82) is 0 Å². The van der Waals surface area contributed by atoms with E-state index in [1.54, 1.807) is 0 Å². The van der Waals surface area contributed by atoms with Crippen LogP contribution in [0.5, 0.6) is 0 Å². The van der Waals surface area contributed by atoms with Crippen molar-refractivity contribution >= 4 is 5.97 Å². The molecule has 1 heterocycles. The van der Waals surface area contributed by atoms with Crippen molar-refractivity contribution in [3.8, 4) is 11.3 Å². The van der Waals surface area contributed by atoms with Gasteiger partial charge in [0.05, 0.1) is 12.7 Å². The number of methoxy groups -OCH3 is 1. The lowest BCUT2D eigenvalue weighted by Crippen LogP contribution is -2.33. The summed E-state index contributed by atoms with van der Waals surface area (Å²) in [5.41, 5.74) is 4.27. The molecule has 8 heteroatoms. The number of ether oxygens (including phenoxy) is 1. The van der Waals surface area contributed by atoms with E-state index in [1.807, 2.05) is 0 Å². The predicted molar refractivity (Wildman–Crippen MR) is 72.8 cm³/mol. The molecule has 0 aliphatic rings. The number of carbonyl (C=O) groups is 1. The summed E-state index contributed by atoms with van der Waals surface area (Å²) in [7, 11) is 1.19. The summed E-state index contributed by atoms with van der Waals surface area (Å²) in [6.45, 7) is 0. The number of rotatable bonds is 4. The Bertz CT molecular complexity index is 709. The van der Waals surface area contributed by atoms with E-state index < -0.39 is 29.6 Å². The summed E-state index contributed by atoms with van der Waals surface area (Å²) >= 11 is 0. The van der Waals surface area contributed by atoms with Crippen LogP contribution < -0.4 is 5.73 Å². The topological polar surface area (TPSA) is 65.5 Å². The van der Waals surface area contributed by atoms with Crippen molar-refractivity contribution in [2.45, 2.75) is 18.6 Å². The molecule has 2 N–H and O–H groups in total. The fourth-order valence-electron chi connectivity index (χ4n) is 1.99. The molecule has 23 heavy (non-hydrogen) atoms. The fraction of sp³-hybridized carbons (Fsp3) is 0.267. The van der Waals surface area contributed by atoms with Crippen LogP contribution in [0.15, 0.2) is 34.7 Å². The summed E-state index contributed by atoms with van der Waals surface area (Å²) < 4.78 is 61.2. The maximum absolute atomic E-state index is 13.3. The molecule has 0 saturated carbocycles. The van der Waals surface area contributed by atoms with Gasteiger partial charge in [0.2, 0.25) is 0 Å². The van der Waals surface area contributed by atoms with E-state index in [1.165, 1.54) is 25.3 Å². The van der Waals surface area contributed by atoms with Gasteiger partial charge in [0.25, 0.3) is 0 Å². The molecule has 2 aromatic rings. The number of hydrogen-bond donors (Lipinski definition) is 1. The molecule has 1 unspecified atom stereocenters. The lowest BCUT2D eigenvalue weighted by molar-refractivity contribution is -0.142. The van der Waals surface area contributed by atoms with Crippen molar-refractivity contribution in [2.24, 2.45) is 5.73 Å². The Morgan fingerprint density at radius 1 is 1.30 bits per heavy atom. The Morgan fingerprint density at radius 2 is 2.00 bits per heavy atom. The Balaban J connectivity index is 2.26. The van der Waals surface area contributed by atoms with Crippen molar-refractivity contribution in [2.75, 3.05) is 7.11 Å². The van der Waals surface area contributed by atoms with Crippen LogP contribution in [-0.2, 0) is 22.1 Å². The molecule has 1 atom stereocenters. The van der Waals surface area contributed by atoms with Gasteiger partial charge in [-0.05, 0) is 30.3 Å². The average Bonchev–Trinajstić information content (AvgIpc) is 2.94. The SMILES string of the molecule is COC(=O)C(N)Cc1ccc(-c2ccc(F)c(C(F)(F)F)c2)o1. The molecule has 1 aromatic carbocycles. The van der Waals surface area contributed by atoms with E-state index in [0.29, 0.717) is 11.8 Å². The maximum atomic E-state index is 13.3. The third kappa shape index (κ3) is 3.89. The zero-order valence-corrected chi connectivity index (χ0v) is 12.0. The average molecular weight is 331 g/mol. The number of carbonyl (C=O) groups excluding carboxylic acids is 1. The molecule has 4 nitrogen and oxygen atoms in total. The second kappa shape index (κ2) is 6.41. The molecule has 0 aliphatic heterocycles. The summed E-state index contributed by atoms with van der Waals surface area (Å²) in [4.78, 5) is 11.2.